The van der Waals surface area contributed by atoms with Crippen LogP contribution in [0.25, 0.3) is 0 Å². The van der Waals surface area contributed by atoms with Gasteiger partial charge < -0.3 is 11.1 Å². The van der Waals surface area contributed by atoms with Gasteiger partial charge in [0.15, 0.2) is 0 Å². The summed E-state index contributed by atoms with van der Waals surface area (Å²) in [6.45, 7) is 3.65. The molecule has 1 fully saturated rings. The Kier molecular flexibility index (Phi) is 2.84. The van der Waals surface area contributed by atoms with Crippen LogP contribution in [0.2, 0.25) is 0 Å². The summed E-state index contributed by atoms with van der Waals surface area (Å²) >= 11 is 0. The van der Waals surface area contributed by atoms with Crippen LogP contribution >= 0.6 is 0 Å². The molecule has 1 aliphatic carbocycles. The summed E-state index contributed by atoms with van der Waals surface area (Å²) in [7, 11) is 0. The SMILES string of the molecule is CCn1cc(C(CN)NC2CC2)cn1. The number of hydrogen-bond donors (Lipinski definition) is 2. The minimum absolute atomic E-state index is 0.280. The average molecular weight is 194 g/mol. The molecule has 4 nitrogen and oxygen atoms in total. The summed E-state index contributed by atoms with van der Waals surface area (Å²) in [6.07, 6.45) is 6.57. The first-order chi connectivity index (χ1) is 6.83. The Labute approximate surface area is 84.5 Å². The third-order valence-corrected chi connectivity index (χ3v) is 2.63. The van der Waals surface area contributed by atoms with Crippen molar-refractivity contribution >= 4 is 0 Å². The second-order valence-electron chi connectivity index (χ2n) is 3.86. The lowest BCUT2D eigenvalue weighted by atomic mass is 10.1. The number of nitrogens with one attached hydrogen (secondary N) is 1. The molecule has 1 aromatic rings. The van der Waals surface area contributed by atoms with Crippen LogP contribution in [-0.4, -0.2) is 22.4 Å². The maximum absolute atomic E-state index is 5.73. The lowest BCUT2D eigenvalue weighted by molar-refractivity contribution is 0.537. The molecule has 1 atom stereocenters. The monoisotopic (exact) mass is 194 g/mol. The van der Waals surface area contributed by atoms with Gasteiger partial charge in [0.1, 0.15) is 0 Å². The molecule has 1 unspecified atom stereocenters. The molecule has 14 heavy (non-hydrogen) atoms. The van der Waals surface area contributed by atoms with Crippen LogP contribution < -0.4 is 11.1 Å². The van der Waals surface area contributed by atoms with Gasteiger partial charge in [0.25, 0.3) is 0 Å². The molecule has 2 rings (SSSR count). The van der Waals surface area contributed by atoms with Crippen LogP contribution in [-0.2, 0) is 6.54 Å². The van der Waals surface area contributed by atoms with E-state index >= 15 is 0 Å². The summed E-state index contributed by atoms with van der Waals surface area (Å²) in [6, 6.07) is 0.969. The zero-order chi connectivity index (χ0) is 9.97. The van der Waals surface area contributed by atoms with Gasteiger partial charge in [0.2, 0.25) is 0 Å². The fraction of sp³-hybridized carbons (Fsp3) is 0.700. The highest BCUT2D eigenvalue weighted by Gasteiger charge is 2.25. The molecule has 4 heteroatoms. The Balaban J connectivity index is 2.01. The summed E-state index contributed by atoms with van der Waals surface area (Å²) in [4.78, 5) is 0. The molecular weight excluding hydrogens is 176 g/mol. The van der Waals surface area contributed by atoms with E-state index in [1.54, 1.807) is 0 Å². The molecule has 1 heterocycles. The average Bonchev–Trinajstić information content (AvgIpc) is 2.90. The molecule has 0 radical (unpaired) electrons. The van der Waals surface area contributed by atoms with Gasteiger partial charge in [0, 0.05) is 36.9 Å². The van der Waals surface area contributed by atoms with Crippen LogP contribution in [0.4, 0.5) is 0 Å². The van der Waals surface area contributed by atoms with E-state index in [2.05, 4.69) is 23.5 Å². The molecule has 0 aromatic carbocycles. The zero-order valence-corrected chi connectivity index (χ0v) is 8.61. The Hall–Kier alpha value is -0.870. The zero-order valence-electron chi connectivity index (χ0n) is 8.61. The van der Waals surface area contributed by atoms with Crippen molar-refractivity contribution in [1.82, 2.24) is 15.1 Å². The number of hydrogen-bond acceptors (Lipinski definition) is 3. The highest BCUT2D eigenvalue weighted by atomic mass is 15.3. The number of aromatic nitrogens is 2. The first-order valence-corrected chi connectivity index (χ1v) is 5.32. The third kappa shape index (κ3) is 2.13. The number of aryl methyl sites for hydroxylation is 1. The van der Waals surface area contributed by atoms with E-state index in [0.717, 1.165) is 6.54 Å². The number of rotatable bonds is 5. The molecule has 0 amide bonds. The second-order valence-corrected chi connectivity index (χ2v) is 3.86. The molecule has 0 aliphatic heterocycles. The van der Waals surface area contributed by atoms with Crippen molar-refractivity contribution in [1.29, 1.82) is 0 Å². The van der Waals surface area contributed by atoms with Crippen LogP contribution in [0.15, 0.2) is 12.4 Å². The van der Waals surface area contributed by atoms with Crippen LogP contribution in [0.5, 0.6) is 0 Å². The summed E-state index contributed by atoms with van der Waals surface area (Å²) in [5.74, 6) is 0. The lowest BCUT2D eigenvalue weighted by Crippen LogP contribution is -2.29. The summed E-state index contributed by atoms with van der Waals surface area (Å²) in [5.41, 5.74) is 6.94. The first kappa shape index (κ1) is 9.68. The Morgan fingerprint density at radius 2 is 2.50 bits per heavy atom. The maximum Gasteiger partial charge on any atom is 0.0538 e. The molecule has 1 saturated carbocycles. The Bertz CT molecular complexity index is 290. The molecule has 0 bridgehead atoms. The van der Waals surface area contributed by atoms with Gasteiger partial charge in [-0.25, -0.2) is 0 Å². The smallest absolute Gasteiger partial charge is 0.0538 e. The quantitative estimate of drug-likeness (QED) is 0.724. The number of nitrogens with two attached hydrogens (primary N) is 1. The van der Waals surface area contributed by atoms with Crippen molar-refractivity contribution in [2.75, 3.05) is 6.54 Å². The Morgan fingerprint density at radius 1 is 1.71 bits per heavy atom. The van der Waals surface area contributed by atoms with Crippen LogP contribution in [0.1, 0.15) is 31.4 Å². The predicted molar refractivity (Wildman–Crippen MR) is 55.9 cm³/mol. The van der Waals surface area contributed by atoms with Crippen molar-refractivity contribution in [2.45, 2.75) is 38.4 Å². The van der Waals surface area contributed by atoms with Crippen molar-refractivity contribution in [3.63, 3.8) is 0 Å². The fourth-order valence-electron chi connectivity index (χ4n) is 1.57. The van der Waals surface area contributed by atoms with Gasteiger partial charge >= 0.3 is 0 Å². The molecule has 1 aromatic heterocycles. The fourth-order valence-corrected chi connectivity index (χ4v) is 1.57. The Morgan fingerprint density at radius 3 is 3.00 bits per heavy atom. The van der Waals surface area contributed by atoms with Gasteiger partial charge in [-0.15, -0.1) is 0 Å². The van der Waals surface area contributed by atoms with Gasteiger partial charge in [-0.1, -0.05) is 0 Å². The van der Waals surface area contributed by atoms with E-state index in [9.17, 15) is 0 Å². The normalized spacial score (nSPS) is 18.4. The van der Waals surface area contributed by atoms with Crippen LogP contribution in [0.3, 0.4) is 0 Å². The van der Waals surface area contributed by atoms with Crippen molar-refractivity contribution in [2.24, 2.45) is 5.73 Å². The van der Waals surface area contributed by atoms with Gasteiger partial charge in [-0.2, -0.15) is 5.10 Å². The minimum Gasteiger partial charge on any atom is -0.329 e. The van der Waals surface area contributed by atoms with Crippen molar-refractivity contribution in [3.8, 4) is 0 Å². The topological polar surface area (TPSA) is 55.9 Å². The standard InChI is InChI=1S/C10H18N4/c1-2-14-7-8(6-12-14)10(5-11)13-9-3-4-9/h6-7,9-10,13H,2-5,11H2,1H3. The highest BCUT2D eigenvalue weighted by molar-refractivity contribution is 5.12. The van der Waals surface area contributed by atoms with E-state index < -0.39 is 0 Å². The van der Waals surface area contributed by atoms with Gasteiger partial charge in [0.05, 0.1) is 6.20 Å². The minimum atomic E-state index is 0.280. The van der Waals surface area contributed by atoms with Crippen LogP contribution in [0, 0.1) is 0 Å². The summed E-state index contributed by atoms with van der Waals surface area (Å²) < 4.78 is 1.94. The van der Waals surface area contributed by atoms with Crippen molar-refractivity contribution < 1.29 is 0 Å². The lowest BCUT2D eigenvalue weighted by Gasteiger charge is -2.14. The highest BCUT2D eigenvalue weighted by Crippen LogP contribution is 2.23. The van der Waals surface area contributed by atoms with E-state index in [1.165, 1.54) is 18.4 Å². The van der Waals surface area contributed by atoms with E-state index in [-0.39, 0.29) is 6.04 Å². The summed E-state index contributed by atoms with van der Waals surface area (Å²) in [5, 5.41) is 7.77. The first-order valence-electron chi connectivity index (χ1n) is 5.32. The van der Waals surface area contributed by atoms with E-state index in [1.807, 2.05) is 10.9 Å². The van der Waals surface area contributed by atoms with E-state index in [4.69, 9.17) is 5.73 Å². The number of nitrogens with zero attached hydrogens (tertiary/aromatic N) is 2. The molecule has 78 valence electrons. The molecule has 0 saturated heterocycles. The second kappa shape index (κ2) is 4.11. The largest absolute Gasteiger partial charge is 0.329 e. The van der Waals surface area contributed by atoms with Gasteiger partial charge in [-0.05, 0) is 19.8 Å². The maximum atomic E-state index is 5.73. The molecule has 0 spiro atoms. The van der Waals surface area contributed by atoms with E-state index in [0.29, 0.717) is 12.6 Å². The van der Waals surface area contributed by atoms with Crippen molar-refractivity contribution in [3.05, 3.63) is 18.0 Å². The third-order valence-electron chi connectivity index (χ3n) is 2.63. The van der Waals surface area contributed by atoms with Gasteiger partial charge in [-0.3, -0.25) is 4.68 Å². The molecule has 1 aliphatic rings. The predicted octanol–water partition coefficient (Wildman–Crippen LogP) is 0.655. The molecular formula is C10H18N4. The molecule has 3 N–H and O–H groups in total.